The molecule has 33 heavy (non-hydrogen) atoms. The van der Waals surface area contributed by atoms with E-state index in [1.54, 1.807) is 24.3 Å². The molecule has 0 atom stereocenters. The van der Waals surface area contributed by atoms with E-state index in [1.807, 2.05) is 19.1 Å². The van der Waals surface area contributed by atoms with E-state index in [1.165, 1.54) is 19.2 Å². The molecule has 0 aromatic heterocycles. The van der Waals surface area contributed by atoms with Crippen molar-refractivity contribution in [3.05, 3.63) is 93.0 Å². The van der Waals surface area contributed by atoms with Crippen molar-refractivity contribution in [1.82, 2.24) is 5.43 Å². The Morgan fingerprint density at radius 3 is 2.45 bits per heavy atom. The van der Waals surface area contributed by atoms with Crippen LogP contribution in [-0.4, -0.2) is 35.2 Å². The molecular weight excluding hydrogens is 428 g/mol. The quantitative estimate of drug-likeness (QED) is 0.286. The van der Waals surface area contributed by atoms with E-state index in [0.29, 0.717) is 11.3 Å². The number of anilines is 1. The maximum atomic E-state index is 12.4. The lowest BCUT2D eigenvalue weighted by molar-refractivity contribution is -0.385. The summed E-state index contributed by atoms with van der Waals surface area (Å²) >= 11 is 0. The second kappa shape index (κ2) is 10.1. The monoisotopic (exact) mass is 448 g/mol. The van der Waals surface area contributed by atoms with Gasteiger partial charge in [0.05, 0.1) is 24.3 Å². The number of nitro benzene ring substituents is 1. The highest BCUT2D eigenvalue weighted by Crippen LogP contribution is 2.33. The number of nitrogens with zero attached hydrogens (tertiary/aromatic N) is 2. The maximum absolute atomic E-state index is 12.4. The van der Waals surface area contributed by atoms with Gasteiger partial charge in [0.15, 0.2) is 11.5 Å². The van der Waals surface area contributed by atoms with Gasteiger partial charge in [-0.1, -0.05) is 23.8 Å². The van der Waals surface area contributed by atoms with Crippen LogP contribution < -0.4 is 15.5 Å². The minimum atomic E-state index is -0.645. The first kappa shape index (κ1) is 22.9. The van der Waals surface area contributed by atoms with Gasteiger partial charge in [-0.2, -0.15) is 5.10 Å². The molecule has 3 N–H and O–H groups in total. The van der Waals surface area contributed by atoms with E-state index in [9.17, 15) is 24.8 Å². The predicted molar refractivity (Wildman–Crippen MR) is 122 cm³/mol. The van der Waals surface area contributed by atoms with Crippen LogP contribution in [0, 0.1) is 17.0 Å². The lowest BCUT2D eigenvalue weighted by Crippen LogP contribution is -2.18. The first-order valence-electron chi connectivity index (χ1n) is 9.65. The van der Waals surface area contributed by atoms with Crippen LogP contribution in [0.25, 0.3) is 0 Å². The molecule has 0 aliphatic rings. The van der Waals surface area contributed by atoms with Gasteiger partial charge < -0.3 is 15.2 Å². The smallest absolute Gasteiger partial charge is 0.274 e. The number of nitrogens with one attached hydrogen (secondary N) is 2. The van der Waals surface area contributed by atoms with E-state index in [2.05, 4.69) is 15.8 Å². The third kappa shape index (κ3) is 5.70. The molecule has 0 radical (unpaired) electrons. The number of nitro groups is 1. The Morgan fingerprint density at radius 2 is 1.79 bits per heavy atom. The number of aryl methyl sites for hydroxylation is 1. The number of hydrazone groups is 1. The fourth-order valence-corrected chi connectivity index (χ4v) is 2.85. The Balaban J connectivity index is 1.71. The Morgan fingerprint density at radius 1 is 1.06 bits per heavy atom. The summed E-state index contributed by atoms with van der Waals surface area (Å²) in [6.07, 6.45) is 1.06. The summed E-state index contributed by atoms with van der Waals surface area (Å²) in [4.78, 5) is 35.2. The molecule has 10 nitrogen and oxygen atoms in total. The molecule has 0 bridgehead atoms. The predicted octanol–water partition coefficient (Wildman–Crippen LogP) is 3.63. The summed E-state index contributed by atoms with van der Waals surface area (Å²) in [7, 11) is 1.26. The summed E-state index contributed by atoms with van der Waals surface area (Å²) in [5.41, 5.74) is 4.09. The first-order chi connectivity index (χ1) is 15.8. The third-order valence-corrected chi connectivity index (χ3v) is 4.59. The van der Waals surface area contributed by atoms with Crippen LogP contribution >= 0.6 is 0 Å². The van der Waals surface area contributed by atoms with Gasteiger partial charge in [-0.15, -0.1) is 0 Å². The number of amides is 2. The van der Waals surface area contributed by atoms with Gasteiger partial charge in [0, 0.05) is 28.4 Å². The zero-order valence-corrected chi connectivity index (χ0v) is 17.7. The highest BCUT2D eigenvalue weighted by molar-refractivity contribution is 6.05. The van der Waals surface area contributed by atoms with E-state index in [-0.39, 0.29) is 34.2 Å². The van der Waals surface area contributed by atoms with Gasteiger partial charge in [0.2, 0.25) is 0 Å². The number of benzene rings is 3. The third-order valence-electron chi connectivity index (χ3n) is 4.59. The van der Waals surface area contributed by atoms with Gasteiger partial charge in [-0.3, -0.25) is 19.7 Å². The lowest BCUT2D eigenvalue weighted by atomic mass is 10.1. The van der Waals surface area contributed by atoms with Crippen molar-refractivity contribution >= 4 is 29.4 Å². The van der Waals surface area contributed by atoms with Gasteiger partial charge in [0.1, 0.15) is 0 Å². The Kier molecular flexibility index (Phi) is 6.99. The van der Waals surface area contributed by atoms with Crippen LogP contribution in [0.4, 0.5) is 11.4 Å². The summed E-state index contributed by atoms with van der Waals surface area (Å²) in [5, 5.41) is 27.6. The number of non-ortho nitro benzene ring substituents is 1. The van der Waals surface area contributed by atoms with Gasteiger partial charge in [0.25, 0.3) is 17.5 Å². The van der Waals surface area contributed by atoms with Crippen LogP contribution in [-0.2, 0) is 0 Å². The number of aromatic hydroxyl groups is 1. The first-order valence-corrected chi connectivity index (χ1v) is 9.65. The number of carbonyl (C=O) groups excluding carboxylic acids is 2. The van der Waals surface area contributed by atoms with Crippen LogP contribution in [0.3, 0.4) is 0 Å². The van der Waals surface area contributed by atoms with Crippen LogP contribution in [0.5, 0.6) is 11.5 Å². The second-order valence-corrected chi connectivity index (χ2v) is 6.94. The van der Waals surface area contributed by atoms with Crippen LogP contribution in [0.1, 0.15) is 31.8 Å². The Hall–Kier alpha value is -4.73. The molecular formula is C23H20N4O6. The van der Waals surface area contributed by atoms with E-state index in [0.717, 1.165) is 23.9 Å². The van der Waals surface area contributed by atoms with E-state index in [4.69, 9.17) is 4.74 Å². The molecule has 2 amide bonds. The van der Waals surface area contributed by atoms with E-state index >= 15 is 0 Å². The van der Waals surface area contributed by atoms with Crippen molar-refractivity contribution in [1.29, 1.82) is 0 Å². The Bertz CT molecular complexity index is 1240. The molecule has 3 aromatic rings. The number of hydrogen-bond acceptors (Lipinski definition) is 7. The largest absolute Gasteiger partial charge is 0.504 e. The topological polar surface area (TPSA) is 143 Å². The van der Waals surface area contributed by atoms with Gasteiger partial charge in [-0.05, 0) is 37.3 Å². The molecule has 0 aliphatic heterocycles. The number of ether oxygens (including phenoxy) is 1. The number of hydrogen-bond donors (Lipinski definition) is 3. The van der Waals surface area contributed by atoms with Gasteiger partial charge in [-0.25, -0.2) is 5.43 Å². The summed E-state index contributed by atoms with van der Waals surface area (Å²) < 4.78 is 4.92. The molecule has 3 rings (SSSR count). The van der Waals surface area contributed by atoms with Crippen LogP contribution in [0.2, 0.25) is 0 Å². The molecule has 3 aromatic carbocycles. The van der Waals surface area contributed by atoms with Crippen LogP contribution in [0.15, 0.2) is 65.8 Å². The average molecular weight is 448 g/mol. The molecule has 0 spiro atoms. The molecule has 0 fully saturated rings. The summed E-state index contributed by atoms with van der Waals surface area (Å²) in [6, 6.07) is 15.5. The Labute approximate surface area is 188 Å². The minimum Gasteiger partial charge on any atom is -0.504 e. The van der Waals surface area contributed by atoms with Crippen molar-refractivity contribution in [2.45, 2.75) is 6.92 Å². The zero-order chi connectivity index (χ0) is 24.0. The number of carbonyl (C=O) groups is 2. The van der Waals surface area contributed by atoms with E-state index < -0.39 is 10.8 Å². The second-order valence-electron chi connectivity index (χ2n) is 6.94. The molecule has 0 aliphatic carbocycles. The van der Waals surface area contributed by atoms with Gasteiger partial charge >= 0.3 is 0 Å². The number of phenols is 1. The molecule has 0 saturated heterocycles. The highest BCUT2D eigenvalue weighted by atomic mass is 16.6. The van der Waals surface area contributed by atoms with Crippen molar-refractivity contribution < 1.29 is 24.4 Å². The van der Waals surface area contributed by atoms with Crippen molar-refractivity contribution in [3.63, 3.8) is 0 Å². The number of rotatable bonds is 7. The molecule has 10 heteroatoms. The average Bonchev–Trinajstić information content (AvgIpc) is 2.80. The lowest BCUT2D eigenvalue weighted by Gasteiger charge is -2.08. The SMILES string of the molecule is COc1cc([N+](=O)[O-])cc(/C=N\NC(=O)c2cccc(NC(=O)c3ccc(C)cc3)c2)c1O. The number of phenolic OH excluding ortho intramolecular Hbond substituents is 1. The fraction of sp³-hybridized carbons (Fsp3) is 0.0870. The molecule has 0 unspecified atom stereocenters. The summed E-state index contributed by atoms with van der Waals surface area (Å²) in [5.74, 6) is -1.37. The van der Waals surface area contributed by atoms with Crippen molar-refractivity contribution in [2.24, 2.45) is 5.10 Å². The molecule has 0 saturated carbocycles. The standard InChI is InChI=1S/C23H20N4O6/c1-14-6-8-15(9-7-14)22(29)25-18-5-3-4-16(10-18)23(30)26-24-13-17-11-19(27(31)32)12-20(33-2)21(17)28/h3-13,28H,1-2H3,(H,25,29)(H,26,30)/b24-13-. The maximum Gasteiger partial charge on any atom is 0.274 e. The molecule has 168 valence electrons. The normalized spacial score (nSPS) is 10.6. The molecule has 0 heterocycles. The highest BCUT2D eigenvalue weighted by Gasteiger charge is 2.16. The minimum absolute atomic E-state index is 0.0135. The van der Waals surface area contributed by atoms with Crippen molar-refractivity contribution in [3.8, 4) is 11.5 Å². The number of methoxy groups -OCH3 is 1. The zero-order valence-electron chi connectivity index (χ0n) is 17.7. The fourth-order valence-electron chi connectivity index (χ4n) is 2.85. The van der Waals surface area contributed by atoms with Crippen molar-refractivity contribution in [2.75, 3.05) is 12.4 Å². The summed E-state index contributed by atoms with van der Waals surface area (Å²) in [6.45, 7) is 1.92.